The number of carbonyl (C=O) groups is 2. The molecule has 0 bridgehead atoms. The van der Waals surface area contributed by atoms with Crippen LogP contribution in [0.4, 0.5) is 10.5 Å². The number of carbonyl (C=O) groups excluding carboxylic acids is 2. The van der Waals surface area contributed by atoms with Crippen LogP contribution < -0.4 is 10.4 Å². The lowest BCUT2D eigenvalue weighted by atomic mass is 10.0. The number of nitrogens with one attached hydrogen (secondary N) is 2. The van der Waals surface area contributed by atoms with E-state index in [0.717, 1.165) is 33.3 Å². The van der Waals surface area contributed by atoms with Crippen molar-refractivity contribution in [3.05, 3.63) is 90.1 Å². The number of anilines is 1. The molecule has 5 rings (SSSR count). The molecule has 4 aromatic rings. The zero-order chi connectivity index (χ0) is 24.2. The Hall–Kier alpha value is -4.14. The highest BCUT2D eigenvalue weighted by Crippen LogP contribution is 2.29. The zero-order valence-electron chi connectivity index (χ0n) is 19.1. The summed E-state index contributed by atoms with van der Waals surface area (Å²) in [6, 6.07) is 23.0. The molecule has 35 heavy (non-hydrogen) atoms. The maximum atomic E-state index is 13.6. The van der Waals surface area contributed by atoms with Gasteiger partial charge in [0.1, 0.15) is 0 Å². The minimum Gasteiger partial charge on any atom is -0.378 e. The van der Waals surface area contributed by atoms with Crippen molar-refractivity contribution in [3.63, 3.8) is 0 Å². The number of aromatic amines is 1. The van der Waals surface area contributed by atoms with Crippen LogP contribution in [-0.4, -0.2) is 53.3 Å². The van der Waals surface area contributed by atoms with Gasteiger partial charge >= 0.3 is 6.03 Å². The SMILES string of the molecule is O=C(NO)c1ccc(CN(C(=O)N2CCOCC2)c2cccc(-c3ccc4cc[nH]c4c3)c2)cc1. The lowest BCUT2D eigenvalue weighted by Gasteiger charge is -2.33. The van der Waals surface area contributed by atoms with Crippen LogP contribution in [0.5, 0.6) is 0 Å². The number of rotatable bonds is 5. The molecule has 0 spiro atoms. The average molecular weight is 471 g/mol. The number of benzene rings is 3. The third-order valence-corrected chi connectivity index (χ3v) is 6.22. The second-order valence-corrected chi connectivity index (χ2v) is 8.44. The number of urea groups is 1. The van der Waals surface area contributed by atoms with Crippen LogP contribution in [0.3, 0.4) is 0 Å². The van der Waals surface area contributed by atoms with Gasteiger partial charge in [-0.2, -0.15) is 0 Å². The molecule has 1 saturated heterocycles. The highest BCUT2D eigenvalue weighted by molar-refractivity contribution is 5.94. The first kappa shape index (κ1) is 22.6. The summed E-state index contributed by atoms with van der Waals surface area (Å²) in [5.74, 6) is -0.579. The van der Waals surface area contributed by atoms with E-state index in [0.29, 0.717) is 38.4 Å². The maximum Gasteiger partial charge on any atom is 0.324 e. The number of hydroxylamine groups is 1. The van der Waals surface area contributed by atoms with Crippen LogP contribution in [0.1, 0.15) is 15.9 Å². The van der Waals surface area contributed by atoms with E-state index in [1.165, 1.54) is 0 Å². The minimum absolute atomic E-state index is 0.0950. The van der Waals surface area contributed by atoms with Gasteiger partial charge in [0.05, 0.1) is 19.8 Å². The van der Waals surface area contributed by atoms with Crippen LogP contribution >= 0.6 is 0 Å². The van der Waals surface area contributed by atoms with Crippen LogP contribution in [0, 0.1) is 0 Å². The summed E-state index contributed by atoms with van der Waals surface area (Å²) in [5.41, 5.74) is 6.73. The lowest BCUT2D eigenvalue weighted by Crippen LogP contribution is -2.48. The van der Waals surface area contributed by atoms with E-state index in [1.807, 2.05) is 36.5 Å². The number of hydrogen-bond acceptors (Lipinski definition) is 4. The number of H-pyrrole nitrogens is 1. The Morgan fingerprint density at radius 3 is 2.51 bits per heavy atom. The molecular weight excluding hydrogens is 444 g/mol. The van der Waals surface area contributed by atoms with Gasteiger partial charge in [-0.05, 0) is 58.5 Å². The summed E-state index contributed by atoms with van der Waals surface area (Å²) in [5, 5.41) is 10.0. The maximum absolute atomic E-state index is 13.6. The van der Waals surface area contributed by atoms with E-state index < -0.39 is 5.91 Å². The Labute approximate surface area is 202 Å². The molecule has 0 atom stereocenters. The summed E-state index contributed by atoms with van der Waals surface area (Å²) < 4.78 is 5.43. The number of nitrogens with zero attached hydrogens (tertiary/aromatic N) is 2. The number of fused-ring (bicyclic) bond motifs is 1. The molecule has 3 aromatic carbocycles. The fourth-order valence-electron chi connectivity index (χ4n) is 4.28. The van der Waals surface area contributed by atoms with E-state index in [-0.39, 0.29) is 6.03 Å². The Bertz CT molecular complexity index is 1340. The highest BCUT2D eigenvalue weighted by Gasteiger charge is 2.25. The van der Waals surface area contributed by atoms with Crippen molar-refractivity contribution < 1.29 is 19.5 Å². The van der Waals surface area contributed by atoms with E-state index in [2.05, 4.69) is 23.2 Å². The minimum atomic E-state index is -0.579. The molecule has 0 aliphatic carbocycles. The summed E-state index contributed by atoms with van der Waals surface area (Å²) in [4.78, 5) is 32.1. The molecule has 0 saturated carbocycles. The van der Waals surface area contributed by atoms with Crippen LogP contribution in [-0.2, 0) is 11.3 Å². The van der Waals surface area contributed by atoms with Gasteiger partial charge in [0.25, 0.3) is 5.91 Å². The molecule has 3 N–H and O–H groups in total. The number of ether oxygens (including phenoxy) is 1. The quantitative estimate of drug-likeness (QED) is 0.297. The molecule has 3 amide bonds. The Morgan fingerprint density at radius 1 is 0.971 bits per heavy atom. The van der Waals surface area contributed by atoms with E-state index in [9.17, 15) is 9.59 Å². The van der Waals surface area contributed by atoms with Crippen molar-refractivity contribution in [2.75, 3.05) is 31.2 Å². The lowest BCUT2D eigenvalue weighted by molar-refractivity contribution is 0.0548. The number of aromatic nitrogens is 1. The zero-order valence-corrected chi connectivity index (χ0v) is 19.1. The standard InChI is InChI=1S/C27H26N4O4/c32-26(29-34)21-6-4-19(5-7-21)18-31(27(33)30-12-14-35-15-13-30)24-3-1-2-22(16-24)23-9-8-20-10-11-28-25(20)17-23/h1-11,16-17,28,34H,12-15,18H2,(H,29,32). The van der Waals surface area contributed by atoms with Gasteiger partial charge in [0.2, 0.25) is 0 Å². The molecule has 8 heteroatoms. The Morgan fingerprint density at radius 2 is 1.74 bits per heavy atom. The third-order valence-electron chi connectivity index (χ3n) is 6.22. The summed E-state index contributed by atoms with van der Waals surface area (Å²) >= 11 is 0. The van der Waals surface area contributed by atoms with Crippen molar-refractivity contribution in [3.8, 4) is 11.1 Å². The fourth-order valence-corrected chi connectivity index (χ4v) is 4.28. The normalized spacial score (nSPS) is 13.6. The topological polar surface area (TPSA) is 97.9 Å². The van der Waals surface area contributed by atoms with Gasteiger partial charge in [-0.3, -0.25) is 14.9 Å². The van der Waals surface area contributed by atoms with Gasteiger partial charge in [0.15, 0.2) is 0 Å². The molecule has 1 aromatic heterocycles. The van der Waals surface area contributed by atoms with Crippen molar-refractivity contribution in [2.24, 2.45) is 0 Å². The van der Waals surface area contributed by atoms with Crippen molar-refractivity contribution in [1.82, 2.24) is 15.4 Å². The molecule has 8 nitrogen and oxygen atoms in total. The number of amides is 3. The smallest absolute Gasteiger partial charge is 0.324 e. The summed E-state index contributed by atoms with van der Waals surface area (Å²) in [7, 11) is 0. The summed E-state index contributed by atoms with van der Waals surface area (Å²) in [6.45, 7) is 2.43. The third kappa shape index (κ3) is 4.89. The average Bonchev–Trinajstić information content (AvgIpc) is 3.40. The van der Waals surface area contributed by atoms with Gasteiger partial charge in [-0.25, -0.2) is 10.3 Å². The van der Waals surface area contributed by atoms with Crippen molar-refractivity contribution in [2.45, 2.75) is 6.54 Å². The van der Waals surface area contributed by atoms with E-state index in [1.54, 1.807) is 39.5 Å². The monoisotopic (exact) mass is 470 g/mol. The molecule has 178 valence electrons. The first-order chi connectivity index (χ1) is 17.1. The molecule has 0 unspecified atom stereocenters. The van der Waals surface area contributed by atoms with Crippen molar-refractivity contribution >= 4 is 28.5 Å². The van der Waals surface area contributed by atoms with Gasteiger partial charge in [-0.15, -0.1) is 0 Å². The van der Waals surface area contributed by atoms with Crippen LogP contribution in [0.15, 0.2) is 79.0 Å². The first-order valence-corrected chi connectivity index (χ1v) is 11.5. The second kappa shape index (κ2) is 10.0. The molecule has 1 aliphatic rings. The number of morpholine rings is 1. The van der Waals surface area contributed by atoms with E-state index >= 15 is 0 Å². The van der Waals surface area contributed by atoms with Crippen LogP contribution in [0.2, 0.25) is 0 Å². The van der Waals surface area contributed by atoms with Crippen LogP contribution in [0.25, 0.3) is 22.0 Å². The Balaban J connectivity index is 1.47. The molecule has 1 aliphatic heterocycles. The number of hydrogen-bond donors (Lipinski definition) is 3. The molecule has 1 fully saturated rings. The predicted octanol–water partition coefficient (Wildman–Crippen LogP) is 4.41. The second-order valence-electron chi connectivity index (χ2n) is 8.44. The molecule has 0 radical (unpaired) electrons. The van der Waals surface area contributed by atoms with Gasteiger partial charge < -0.3 is 14.6 Å². The van der Waals surface area contributed by atoms with Gasteiger partial charge in [0, 0.05) is 36.1 Å². The van der Waals surface area contributed by atoms with Crippen molar-refractivity contribution in [1.29, 1.82) is 0 Å². The predicted molar refractivity (Wildman–Crippen MR) is 133 cm³/mol. The fraction of sp³-hybridized carbons (Fsp3) is 0.185. The van der Waals surface area contributed by atoms with E-state index in [4.69, 9.17) is 9.94 Å². The molecular formula is C27H26N4O4. The Kier molecular flexibility index (Phi) is 6.47. The first-order valence-electron chi connectivity index (χ1n) is 11.5. The summed E-state index contributed by atoms with van der Waals surface area (Å²) in [6.07, 6.45) is 1.92. The molecule has 2 heterocycles. The highest BCUT2D eigenvalue weighted by atomic mass is 16.5. The van der Waals surface area contributed by atoms with Gasteiger partial charge in [-0.1, -0.05) is 36.4 Å². The largest absolute Gasteiger partial charge is 0.378 e.